The second kappa shape index (κ2) is 9.23. The van der Waals surface area contributed by atoms with E-state index in [-0.39, 0.29) is 17.8 Å². The van der Waals surface area contributed by atoms with E-state index in [9.17, 15) is 9.90 Å². The van der Waals surface area contributed by atoms with E-state index in [1.165, 1.54) is 0 Å². The lowest BCUT2D eigenvalue weighted by atomic mass is 10.00. The second-order valence-corrected chi connectivity index (χ2v) is 6.26. The van der Waals surface area contributed by atoms with E-state index >= 15 is 0 Å². The van der Waals surface area contributed by atoms with Crippen molar-refractivity contribution in [3.05, 3.63) is 65.2 Å². The van der Waals surface area contributed by atoms with Gasteiger partial charge in [0.15, 0.2) is 6.10 Å². The monoisotopic (exact) mass is 342 g/mol. The summed E-state index contributed by atoms with van der Waals surface area (Å²) >= 11 is 0. The van der Waals surface area contributed by atoms with Gasteiger partial charge in [-0.15, -0.1) is 0 Å². The van der Waals surface area contributed by atoms with Crippen LogP contribution in [-0.4, -0.2) is 29.9 Å². The number of esters is 1. The van der Waals surface area contributed by atoms with Crippen LogP contribution in [0.5, 0.6) is 5.75 Å². The van der Waals surface area contributed by atoms with E-state index in [0.717, 1.165) is 16.7 Å². The predicted molar refractivity (Wildman–Crippen MR) is 97.7 cm³/mol. The molecular weight excluding hydrogens is 316 g/mol. The number of benzene rings is 2. The Labute approximate surface area is 149 Å². The highest BCUT2D eigenvalue weighted by Crippen LogP contribution is 2.23. The highest BCUT2D eigenvalue weighted by Gasteiger charge is 2.22. The Kier molecular flexibility index (Phi) is 7.02. The minimum atomic E-state index is -0.660. The molecule has 0 amide bonds. The van der Waals surface area contributed by atoms with Crippen molar-refractivity contribution in [1.29, 1.82) is 0 Å². The van der Waals surface area contributed by atoms with Crippen molar-refractivity contribution in [2.24, 2.45) is 0 Å². The van der Waals surface area contributed by atoms with Crippen LogP contribution in [0.1, 0.15) is 37.5 Å². The normalized spacial score (nSPS) is 12.2. The van der Waals surface area contributed by atoms with Gasteiger partial charge < -0.3 is 14.6 Å². The zero-order valence-electron chi connectivity index (χ0n) is 15.1. The number of ether oxygens (including phenoxy) is 2. The maximum atomic E-state index is 12.1. The lowest BCUT2D eigenvalue weighted by Crippen LogP contribution is -2.30. The largest absolute Gasteiger partial charge is 0.508 e. The Bertz CT molecular complexity index is 680. The molecule has 0 saturated carbocycles. The molecule has 1 atom stereocenters. The predicted octanol–water partition coefficient (Wildman–Crippen LogP) is 3.88. The van der Waals surface area contributed by atoms with Crippen molar-refractivity contribution in [3.63, 3.8) is 0 Å². The van der Waals surface area contributed by atoms with Crippen molar-refractivity contribution >= 4 is 5.97 Å². The first kappa shape index (κ1) is 19.0. The standard InChI is InChI=1S/C21H26O4/c1-4-24-20(21(23)25-15(2)3)14-17-10-11-18(19(22)13-17)12-16-8-6-5-7-9-16/h5-11,13,15,20,22H,4,12,14H2,1-3H3. The number of hydrogen-bond donors (Lipinski definition) is 1. The number of rotatable bonds is 8. The zero-order valence-corrected chi connectivity index (χ0v) is 15.1. The smallest absolute Gasteiger partial charge is 0.335 e. The molecule has 0 aliphatic carbocycles. The van der Waals surface area contributed by atoms with Gasteiger partial charge in [0.2, 0.25) is 0 Å². The van der Waals surface area contributed by atoms with Gasteiger partial charge in [-0.25, -0.2) is 4.79 Å². The molecule has 1 N–H and O–H groups in total. The summed E-state index contributed by atoms with van der Waals surface area (Å²) in [5.41, 5.74) is 2.83. The van der Waals surface area contributed by atoms with Crippen LogP contribution in [0.15, 0.2) is 48.5 Å². The van der Waals surface area contributed by atoms with Gasteiger partial charge in [0.25, 0.3) is 0 Å². The minimum absolute atomic E-state index is 0.183. The van der Waals surface area contributed by atoms with Crippen molar-refractivity contribution < 1.29 is 19.4 Å². The Morgan fingerprint density at radius 2 is 1.80 bits per heavy atom. The highest BCUT2D eigenvalue weighted by molar-refractivity contribution is 5.75. The lowest BCUT2D eigenvalue weighted by Gasteiger charge is -2.18. The molecule has 25 heavy (non-hydrogen) atoms. The van der Waals surface area contributed by atoms with E-state index in [2.05, 4.69) is 0 Å². The molecule has 2 aromatic rings. The zero-order chi connectivity index (χ0) is 18.2. The Hall–Kier alpha value is -2.33. The van der Waals surface area contributed by atoms with Gasteiger partial charge in [-0.2, -0.15) is 0 Å². The number of aromatic hydroxyl groups is 1. The van der Waals surface area contributed by atoms with Crippen LogP contribution in [0.3, 0.4) is 0 Å². The molecule has 1 unspecified atom stereocenters. The number of carbonyl (C=O) groups excluding carboxylic acids is 1. The molecule has 0 aliphatic rings. The van der Waals surface area contributed by atoms with Gasteiger partial charge in [-0.1, -0.05) is 42.5 Å². The van der Waals surface area contributed by atoms with Gasteiger partial charge in [-0.3, -0.25) is 0 Å². The molecule has 0 spiro atoms. The Morgan fingerprint density at radius 1 is 1.08 bits per heavy atom. The third-order valence-corrected chi connectivity index (χ3v) is 3.79. The summed E-state index contributed by atoms with van der Waals surface area (Å²) in [6, 6.07) is 15.5. The molecule has 2 aromatic carbocycles. The fraction of sp³-hybridized carbons (Fsp3) is 0.381. The summed E-state index contributed by atoms with van der Waals surface area (Å²) in [6.45, 7) is 5.89. The molecule has 4 heteroatoms. The molecule has 4 nitrogen and oxygen atoms in total. The van der Waals surface area contributed by atoms with Gasteiger partial charge in [-0.05, 0) is 43.5 Å². The number of phenols is 1. The van der Waals surface area contributed by atoms with E-state index in [1.54, 1.807) is 6.07 Å². The Balaban J connectivity index is 2.08. The molecule has 0 fully saturated rings. The average molecular weight is 342 g/mol. The average Bonchev–Trinajstić information content (AvgIpc) is 2.57. The molecule has 0 aromatic heterocycles. The molecule has 0 bridgehead atoms. The van der Waals surface area contributed by atoms with Gasteiger partial charge in [0, 0.05) is 19.4 Å². The van der Waals surface area contributed by atoms with Crippen molar-refractivity contribution in [1.82, 2.24) is 0 Å². The van der Waals surface area contributed by atoms with Crippen LogP contribution in [0.4, 0.5) is 0 Å². The van der Waals surface area contributed by atoms with Crippen LogP contribution in [0.2, 0.25) is 0 Å². The van der Waals surface area contributed by atoms with Crippen LogP contribution in [-0.2, 0) is 27.1 Å². The summed E-state index contributed by atoms with van der Waals surface area (Å²) in [5, 5.41) is 10.3. The summed E-state index contributed by atoms with van der Waals surface area (Å²) in [6.07, 6.45) is 0.194. The molecule has 2 rings (SSSR count). The van der Waals surface area contributed by atoms with Crippen LogP contribution >= 0.6 is 0 Å². The molecule has 134 valence electrons. The summed E-state index contributed by atoms with van der Waals surface area (Å²) < 4.78 is 10.8. The topological polar surface area (TPSA) is 55.8 Å². The molecule has 0 heterocycles. The summed E-state index contributed by atoms with van der Waals surface area (Å²) in [7, 11) is 0. The number of phenolic OH excluding ortho intramolecular Hbond substituents is 1. The second-order valence-electron chi connectivity index (χ2n) is 6.26. The third-order valence-electron chi connectivity index (χ3n) is 3.79. The summed E-state index contributed by atoms with van der Waals surface area (Å²) in [4.78, 5) is 12.1. The van der Waals surface area contributed by atoms with Crippen LogP contribution in [0.25, 0.3) is 0 Å². The van der Waals surface area contributed by atoms with Crippen molar-refractivity contribution in [3.8, 4) is 5.75 Å². The van der Waals surface area contributed by atoms with E-state index in [1.807, 2.05) is 63.2 Å². The van der Waals surface area contributed by atoms with E-state index < -0.39 is 6.10 Å². The maximum Gasteiger partial charge on any atom is 0.335 e. The third kappa shape index (κ3) is 5.91. The molecule has 0 radical (unpaired) electrons. The quantitative estimate of drug-likeness (QED) is 0.740. The first-order valence-corrected chi connectivity index (χ1v) is 8.66. The van der Waals surface area contributed by atoms with Crippen molar-refractivity contribution in [2.45, 2.75) is 45.8 Å². The molecule has 0 saturated heterocycles. The van der Waals surface area contributed by atoms with Gasteiger partial charge >= 0.3 is 5.97 Å². The van der Waals surface area contributed by atoms with E-state index in [4.69, 9.17) is 9.47 Å². The lowest BCUT2D eigenvalue weighted by molar-refractivity contribution is -0.160. The van der Waals surface area contributed by atoms with Gasteiger partial charge in [0.05, 0.1) is 6.10 Å². The van der Waals surface area contributed by atoms with Gasteiger partial charge in [0.1, 0.15) is 5.75 Å². The summed E-state index contributed by atoms with van der Waals surface area (Å²) in [5.74, 6) is -0.140. The fourth-order valence-corrected chi connectivity index (χ4v) is 2.64. The van der Waals surface area contributed by atoms with Crippen LogP contribution < -0.4 is 0 Å². The highest BCUT2D eigenvalue weighted by atomic mass is 16.6. The minimum Gasteiger partial charge on any atom is -0.508 e. The van der Waals surface area contributed by atoms with E-state index in [0.29, 0.717) is 19.4 Å². The number of carbonyl (C=O) groups is 1. The first-order valence-electron chi connectivity index (χ1n) is 8.66. The van der Waals surface area contributed by atoms with Crippen molar-refractivity contribution in [2.75, 3.05) is 6.61 Å². The SMILES string of the molecule is CCOC(Cc1ccc(Cc2ccccc2)c(O)c1)C(=O)OC(C)C. The first-order chi connectivity index (χ1) is 12.0. The maximum absolute atomic E-state index is 12.1. The molecular formula is C21H26O4. The fourth-order valence-electron chi connectivity index (χ4n) is 2.64. The van der Waals surface area contributed by atoms with Crippen LogP contribution in [0, 0.1) is 0 Å². The Morgan fingerprint density at radius 3 is 2.40 bits per heavy atom. The number of hydrogen-bond acceptors (Lipinski definition) is 4. The molecule has 0 aliphatic heterocycles.